The highest BCUT2D eigenvalue weighted by Crippen LogP contribution is 2.31. The van der Waals surface area contributed by atoms with Crippen LogP contribution in [0, 0.1) is 10.1 Å². The lowest BCUT2D eigenvalue weighted by Gasteiger charge is -2.29. The van der Waals surface area contributed by atoms with Gasteiger partial charge in [-0.25, -0.2) is 0 Å². The first kappa shape index (κ1) is 16.4. The molecule has 0 saturated carbocycles. The number of aliphatic carboxylic acids is 1. The van der Waals surface area contributed by atoms with Crippen molar-refractivity contribution in [2.45, 2.75) is 26.3 Å². The number of carboxylic acid groups (broad SMARTS) is 1. The summed E-state index contributed by atoms with van der Waals surface area (Å²) in [4.78, 5) is 34.2. The summed E-state index contributed by atoms with van der Waals surface area (Å²) < 4.78 is 0. The molecule has 0 fully saturated rings. The molecular formula is C13H17N3O5. The van der Waals surface area contributed by atoms with E-state index < -0.39 is 22.8 Å². The van der Waals surface area contributed by atoms with E-state index in [2.05, 4.69) is 0 Å². The van der Waals surface area contributed by atoms with Crippen molar-refractivity contribution in [2.24, 2.45) is 5.73 Å². The van der Waals surface area contributed by atoms with Gasteiger partial charge in [0.2, 0.25) is 5.91 Å². The molecule has 0 aliphatic heterocycles. The third kappa shape index (κ3) is 3.91. The number of nitro benzene ring substituents is 1. The van der Waals surface area contributed by atoms with Crippen LogP contribution in [0.25, 0.3) is 0 Å². The Bertz CT molecular complexity index is 573. The molecule has 0 aliphatic carbocycles. The highest BCUT2D eigenvalue weighted by atomic mass is 16.6. The van der Waals surface area contributed by atoms with Gasteiger partial charge in [-0.15, -0.1) is 0 Å². The topological polar surface area (TPSA) is 127 Å². The summed E-state index contributed by atoms with van der Waals surface area (Å²) in [6.45, 7) is 3.76. The summed E-state index contributed by atoms with van der Waals surface area (Å²) in [6.07, 6.45) is -0.175. The molecule has 0 heterocycles. The van der Waals surface area contributed by atoms with E-state index in [9.17, 15) is 19.7 Å². The molecule has 0 aromatic heterocycles. The third-order valence-electron chi connectivity index (χ3n) is 3.11. The quantitative estimate of drug-likeness (QED) is 0.578. The van der Waals surface area contributed by atoms with Crippen molar-refractivity contribution < 1.29 is 19.6 Å². The lowest BCUT2D eigenvalue weighted by Crippen LogP contribution is -2.35. The molecular weight excluding hydrogens is 278 g/mol. The summed E-state index contributed by atoms with van der Waals surface area (Å²) in [5, 5.41) is 20.0. The van der Waals surface area contributed by atoms with Crippen molar-refractivity contribution in [3.05, 3.63) is 33.9 Å². The number of benzene rings is 1. The minimum atomic E-state index is -1.00. The van der Waals surface area contributed by atoms with Gasteiger partial charge in [0.1, 0.15) is 5.69 Å². The summed E-state index contributed by atoms with van der Waals surface area (Å²) in [5.74, 6) is -1.71. The number of anilines is 1. The molecule has 1 aromatic carbocycles. The predicted molar refractivity (Wildman–Crippen MR) is 76.3 cm³/mol. The Kier molecular flexibility index (Phi) is 5.23. The number of rotatable bonds is 7. The Labute approximate surface area is 121 Å². The number of nitrogens with zero attached hydrogens (tertiary/aromatic N) is 2. The van der Waals surface area contributed by atoms with Crippen LogP contribution >= 0.6 is 0 Å². The molecule has 0 spiro atoms. The number of carboxylic acids is 1. The minimum Gasteiger partial charge on any atom is -0.481 e. The van der Waals surface area contributed by atoms with Gasteiger partial charge >= 0.3 is 5.97 Å². The largest absolute Gasteiger partial charge is 0.481 e. The van der Waals surface area contributed by atoms with E-state index in [1.165, 1.54) is 18.2 Å². The lowest BCUT2D eigenvalue weighted by molar-refractivity contribution is -0.384. The summed E-state index contributed by atoms with van der Waals surface area (Å²) >= 11 is 0. The van der Waals surface area contributed by atoms with Gasteiger partial charge in [-0.1, -0.05) is 0 Å². The number of hydrogen-bond donors (Lipinski definition) is 2. The number of hydrogen-bond acceptors (Lipinski definition) is 5. The van der Waals surface area contributed by atoms with Gasteiger partial charge in [0, 0.05) is 24.2 Å². The first-order valence-corrected chi connectivity index (χ1v) is 6.34. The van der Waals surface area contributed by atoms with Crippen LogP contribution in [0.3, 0.4) is 0 Å². The smallest absolute Gasteiger partial charge is 0.305 e. The fraction of sp³-hybridized carbons (Fsp3) is 0.385. The van der Waals surface area contributed by atoms with Crippen LogP contribution in [-0.2, 0) is 4.79 Å². The third-order valence-corrected chi connectivity index (χ3v) is 3.11. The molecule has 8 heteroatoms. The molecule has 3 N–H and O–H groups in total. The van der Waals surface area contributed by atoms with Gasteiger partial charge in [-0.2, -0.15) is 0 Å². The number of primary amides is 1. The van der Waals surface area contributed by atoms with Crippen molar-refractivity contribution in [2.75, 3.05) is 11.4 Å². The van der Waals surface area contributed by atoms with Crippen molar-refractivity contribution in [1.29, 1.82) is 0 Å². The molecule has 1 atom stereocenters. The fourth-order valence-electron chi connectivity index (χ4n) is 2.14. The van der Waals surface area contributed by atoms with E-state index in [0.29, 0.717) is 6.54 Å². The van der Waals surface area contributed by atoms with E-state index in [-0.39, 0.29) is 23.4 Å². The van der Waals surface area contributed by atoms with E-state index in [0.717, 1.165) is 0 Å². The number of carbonyl (C=O) groups is 2. The molecule has 114 valence electrons. The molecule has 1 amide bonds. The normalized spacial score (nSPS) is 11.7. The average Bonchev–Trinajstić information content (AvgIpc) is 2.38. The zero-order chi connectivity index (χ0) is 16.2. The maximum absolute atomic E-state index is 11.2. The molecule has 8 nitrogen and oxygen atoms in total. The van der Waals surface area contributed by atoms with Crippen molar-refractivity contribution in [1.82, 2.24) is 0 Å². The maximum Gasteiger partial charge on any atom is 0.305 e. The molecule has 0 aliphatic rings. The van der Waals surface area contributed by atoms with E-state index >= 15 is 0 Å². The van der Waals surface area contributed by atoms with Gasteiger partial charge in [0.25, 0.3) is 5.69 Å². The zero-order valence-corrected chi connectivity index (χ0v) is 11.8. The first-order valence-electron chi connectivity index (χ1n) is 6.34. The van der Waals surface area contributed by atoms with Crippen LogP contribution < -0.4 is 10.6 Å². The summed E-state index contributed by atoms with van der Waals surface area (Å²) in [5.41, 5.74) is 5.31. The number of nitro groups is 1. The Morgan fingerprint density at radius 3 is 2.52 bits per heavy atom. The molecule has 1 aromatic rings. The Hall–Kier alpha value is -2.64. The van der Waals surface area contributed by atoms with Gasteiger partial charge in [0.05, 0.1) is 11.3 Å². The number of amides is 1. The van der Waals surface area contributed by atoms with E-state index in [4.69, 9.17) is 10.8 Å². The average molecular weight is 295 g/mol. The van der Waals surface area contributed by atoms with Crippen LogP contribution in [0.4, 0.5) is 11.4 Å². The zero-order valence-electron chi connectivity index (χ0n) is 11.8. The molecule has 0 radical (unpaired) electrons. The Morgan fingerprint density at radius 2 is 2.10 bits per heavy atom. The Balaban J connectivity index is 3.33. The first-order chi connectivity index (χ1) is 9.77. The molecule has 1 rings (SSSR count). The lowest BCUT2D eigenvalue weighted by atomic mass is 10.1. The second-order valence-corrected chi connectivity index (χ2v) is 4.56. The van der Waals surface area contributed by atoms with Crippen LogP contribution in [0.1, 0.15) is 30.6 Å². The van der Waals surface area contributed by atoms with Crippen LogP contribution in [-0.4, -0.2) is 34.5 Å². The molecule has 0 saturated heterocycles. The fourth-order valence-corrected chi connectivity index (χ4v) is 2.14. The van der Waals surface area contributed by atoms with Crippen molar-refractivity contribution in [3.8, 4) is 0 Å². The Morgan fingerprint density at radius 1 is 1.48 bits per heavy atom. The van der Waals surface area contributed by atoms with Crippen molar-refractivity contribution in [3.63, 3.8) is 0 Å². The number of nitrogens with two attached hydrogens (primary N) is 1. The SMILES string of the molecule is CCN(c1cc(C(N)=O)ccc1[N+](=O)[O-])C(C)CC(=O)O. The van der Waals surface area contributed by atoms with Gasteiger partial charge in [-0.3, -0.25) is 19.7 Å². The molecule has 21 heavy (non-hydrogen) atoms. The highest BCUT2D eigenvalue weighted by Gasteiger charge is 2.24. The molecule has 1 unspecified atom stereocenters. The van der Waals surface area contributed by atoms with Gasteiger partial charge < -0.3 is 15.7 Å². The highest BCUT2D eigenvalue weighted by molar-refractivity contribution is 5.94. The second-order valence-electron chi connectivity index (χ2n) is 4.56. The maximum atomic E-state index is 11.2. The van der Waals surface area contributed by atoms with Crippen LogP contribution in [0.2, 0.25) is 0 Å². The van der Waals surface area contributed by atoms with Crippen LogP contribution in [0.15, 0.2) is 18.2 Å². The van der Waals surface area contributed by atoms with Crippen molar-refractivity contribution >= 4 is 23.3 Å². The van der Waals surface area contributed by atoms with Crippen LogP contribution in [0.5, 0.6) is 0 Å². The monoisotopic (exact) mass is 295 g/mol. The molecule has 0 bridgehead atoms. The standard InChI is InChI=1S/C13H17N3O5/c1-3-15(8(2)6-12(17)18)11-7-9(13(14)19)4-5-10(11)16(20)21/h4-5,7-8H,3,6H2,1-2H3,(H2,14,19)(H,17,18). The predicted octanol–water partition coefficient (Wildman–Crippen LogP) is 1.38. The minimum absolute atomic E-state index is 0.136. The van der Waals surface area contributed by atoms with E-state index in [1.807, 2.05) is 0 Å². The summed E-state index contributed by atoms with van der Waals surface area (Å²) in [6, 6.07) is 3.34. The van der Waals surface area contributed by atoms with E-state index in [1.54, 1.807) is 18.7 Å². The number of carbonyl (C=O) groups excluding carboxylic acids is 1. The second kappa shape index (κ2) is 6.69. The van der Waals surface area contributed by atoms with Gasteiger partial charge in [-0.05, 0) is 26.0 Å². The van der Waals surface area contributed by atoms with Gasteiger partial charge in [0.15, 0.2) is 0 Å². The summed E-state index contributed by atoms with van der Waals surface area (Å²) in [7, 11) is 0.